The van der Waals surface area contributed by atoms with Crippen LogP contribution in [0.3, 0.4) is 0 Å². The molecule has 0 aromatic carbocycles. The molecular weight excluding hydrogens is 184 g/mol. The van der Waals surface area contributed by atoms with Gasteiger partial charge in [0, 0.05) is 19.7 Å². The molecule has 0 aliphatic heterocycles. The standard InChI is InChI=1S/C8H12N4O2/c1-3-9-10-5-6-4-7(13)11-8(14)12(6)2/h4-5,9H,3H2,1-2H3,(H,11,13,14). The Hall–Kier alpha value is -1.85. The number of aromatic nitrogens is 2. The minimum Gasteiger partial charge on any atom is -0.310 e. The second-order valence-corrected chi connectivity index (χ2v) is 2.69. The van der Waals surface area contributed by atoms with E-state index in [2.05, 4.69) is 15.5 Å². The first-order chi connectivity index (χ1) is 6.65. The molecule has 0 unspecified atom stereocenters. The molecule has 1 aromatic rings. The Labute approximate surface area is 80.3 Å². The Balaban J connectivity index is 3.09. The normalized spacial score (nSPS) is 10.7. The van der Waals surface area contributed by atoms with Crippen molar-refractivity contribution in [2.24, 2.45) is 12.1 Å². The van der Waals surface area contributed by atoms with Crippen LogP contribution in [0.4, 0.5) is 0 Å². The predicted octanol–water partition coefficient (Wildman–Crippen LogP) is -0.983. The van der Waals surface area contributed by atoms with Crippen molar-refractivity contribution in [3.63, 3.8) is 0 Å². The second-order valence-electron chi connectivity index (χ2n) is 2.69. The quantitative estimate of drug-likeness (QED) is 0.481. The van der Waals surface area contributed by atoms with Crippen LogP contribution >= 0.6 is 0 Å². The van der Waals surface area contributed by atoms with Gasteiger partial charge in [-0.25, -0.2) is 4.79 Å². The van der Waals surface area contributed by atoms with E-state index in [-0.39, 0.29) is 0 Å². The van der Waals surface area contributed by atoms with Gasteiger partial charge in [-0.05, 0) is 6.92 Å². The molecule has 1 heterocycles. The Morgan fingerprint density at radius 3 is 3.00 bits per heavy atom. The lowest BCUT2D eigenvalue weighted by molar-refractivity contribution is 0.771. The van der Waals surface area contributed by atoms with E-state index in [1.807, 2.05) is 6.92 Å². The van der Waals surface area contributed by atoms with Crippen LogP contribution in [0.1, 0.15) is 12.6 Å². The number of H-pyrrole nitrogens is 1. The number of hydrogen-bond acceptors (Lipinski definition) is 4. The van der Waals surface area contributed by atoms with Crippen LogP contribution in [0.25, 0.3) is 0 Å². The van der Waals surface area contributed by atoms with Crippen molar-refractivity contribution in [1.29, 1.82) is 0 Å². The van der Waals surface area contributed by atoms with Gasteiger partial charge in [-0.3, -0.25) is 14.3 Å². The number of aromatic amines is 1. The number of nitrogens with zero attached hydrogens (tertiary/aromatic N) is 2. The predicted molar refractivity (Wildman–Crippen MR) is 53.6 cm³/mol. The van der Waals surface area contributed by atoms with Crippen LogP contribution in [0.15, 0.2) is 20.8 Å². The van der Waals surface area contributed by atoms with Gasteiger partial charge in [0.1, 0.15) is 0 Å². The average molecular weight is 196 g/mol. The zero-order valence-electron chi connectivity index (χ0n) is 8.07. The third kappa shape index (κ3) is 2.32. The number of rotatable bonds is 3. The van der Waals surface area contributed by atoms with E-state index >= 15 is 0 Å². The fourth-order valence-electron chi connectivity index (χ4n) is 0.901. The molecule has 1 aromatic heterocycles. The molecule has 2 N–H and O–H groups in total. The summed E-state index contributed by atoms with van der Waals surface area (Å²) in [5.74, 6) is 0. The summed E-state index contributed by atoms with van der Waals surface area (Å²) in [6, 6.07) is 1.31. The molecule has 14 heavy (non-hydrogen) atoms. The molecule has 0 atom stereocenters. The van der Waals surface area contributed by atoms with Crippen molar-refractivity contribution in [3.05, 3.63) is 32.6 Å². The van der Waals surface area contributed by atoms with Crippen LogP contribution in [0, 0.1) is 0 Å². The summed E-state index contributed by atoms with van der Waals surface area (Å²) in [6.45, 7) is 2.59. The van der Waals surface area contributed by atoms with Crippen molar-refractivity contribution in [2.45, 2.75) is 6.92 Å². The maximum absolute atomic E-state index is 11.1. The van der Waals surface area contributed by atoms with E-state index < -0.39 is 11.2 Å². The molecule has 0 aliphatic carbocycles. The smallest absolute Gasteiger partial charge is 0.310 e. The number of hydrogen-bond donors (Lipinski definition) is 2. The highest BCUT2D eigenvalue weighted by molar-refractivity contribution is 5.76. The lowest BCUT2D eigenvalue weighted by atomic mass is 10.4. The molecule has 0 bridgehead atoms. The van der Waals surface area contributed by atoms with Gasteiger partial charge in [0.25, 0.3) is 5.56 Å². The van der Waals surface area contributed by atoms with Gasteiger partial charge >= 0.3 is 5.69 Å². The summed E-state index contributed by atoms with van der Waals surface area (Å²) in [5.41, 5.74) is 2.29. The molecule has 0 aliphatic rings. The molecule has 6 heteroatoms. The Morgan fingerprint density at radius 2 is 2.36 bits per heavy atom. The Morgan fingerprint density at radius 1 is 1.64 bits per heavy atom. The number of nitrogens with one attached hydrogen (secondary N) is 2. The van der Waals surface area contributed by atoms with Gasteiger partial charge in [0.05, 0.1) is 11.9 Å². The van der Waals surface area contributed by atoms with E-state index in [4.69, 9.17) is 0 Å². The highest BCUT2D eigenvalue weighted by Crippen LogP contribution is 1.82. The monoisotopic (exact) mass is 196 g/mol. The maximum atomic E-state index is 11.1. The Kier molecular flexibility index (Phi) is 3.22. The summed E-state index contributed by atoms with van der Waals surface area (Å²) in [4.78, 5) is 24.2. The maximum Gasteiger partial charge on any atom is 0.328 e. The second kappa shape index (κ2) is 4.40. The van der Waals surface area contributed by atoms with E-state index in [0.29, 0.717) is 12.2 Å². The van der Waals surface area contributed by atoms with Crippen molar-refractivity contribution in [1.82, 2.24) is 15.0 Å². The minimum absolute atomic E-state index is 0.425. The van der Waals surface area contributed by atoms with Gasteiger partial charge in [0.15, 0.2) is 0 Å². The third-order valence-electron chi connectivity index (χ3n) is 1.65. The van der Waals surface area contributed by atoms with Crippen molar-refractivity contribution in [2.75, 3.05) is 6.54 Å². The van der Waals surface area contributed by atoms with E-state index in [1.54, 1.807) is 7.05 Å². The van der Waals surface area contributed by atoms with Crippen molar-refractivity contribution >= 4 is 6.21 Å². The molecule has 0 fully saturated rings. The van der Waals surface area contributed by atoms with E-state index in [1.165, 1.54) is 16.8 Å². The van der Waals surface area contributed by atoms with Gasteiger partial charge in [-0.2, -0.15) is 5.10 Å². The molecule has 1 rings (SSSR count). The fraction of sp³-hybridized carbons (Fsp3) is 0.375. The summed E-state index contributed by atoms with van der Waals surface area (Å²) < 4.78 is 1.31. The van der Waals surface area contributed by atoms with Crippen molar-refractivity contribution < 1.29 is 0 Å². The first-order valence-electron chi connectivity index (χ1n) is 4.21. The van der Waals surface area contributed by atoms with Crippen LogP contribution in [0.2, 0.25) is 0 Å². The van der Waals surface area contributed by atoms with Gasteiger partial charge in [-0.1, -0.05) is 0 Å². The highest BCUT2D eigenvalue weighted by atomic mass is 16.2. The minimum atomic E-state index is -0.449. The SMILES string of the molecule is CCNN=Cc1cc(=O)[nH]c(=O)n1C. The molecule has 76 valence electrons. The molecule has 0 spiro atoms. The summed E-state index contributed by atoms with van der Waals surface area (Å²) in [6.07, 6.45) is 1.43. The lowest BCUT2D eigenvalue weighted by Gasteiger charge is -2.00. The van der Waals surface area contributed by atoms with Gasteiger partial charge < -0.3 is 5.43 Å². The molecular formula is C8H12N4O2. The summed E-state index contributed by atoms with van der Waals surface area (Å²) >= 11 is 0. The number of hydrazone groups is 1. The molecule has 0 radical (unpaired) electrons. The van der Waals surface area contributed by atoms with E-state index in [0.717, 1.165) is 0 Å². The van der Waals surface area contributed by atoms with Gasteiger partial charge in [-0.15, -0.1) is 0 Å². The molecule has 0 saturated heterocycles. The topological polar surface area (TPSA) is 79.2 Å². The fourth-order valence-corrected chi connectivity index (χ4v) is 0.901. The zero-order chi connectivity index (χ0) is 10.6. The largest absolute Gasteiger partial charge is 0.328 e. The molecule has 0 amide bonds. The van der Waals surface area contributed by atoms with Crippen molar-refractivity contribution in [3.8, 4) is 0 Å². The van der Waals surface area contributed by atoms with Crippen LogP contribution < -0.4 is 16.7 Å². The first-order valence-corrected chi connectivity index (χ1v) is 4.21. The molecule has 6 nitrogen and oxygen atoms in total. The highest BCUT2D eigenvalue weighted by Gasteiger charge is 1.98. The van der Waals surface area contributed by atoms with Crippen LogP contribution in [-0.2, 0) is 7.05 Å². The summed E-state index contributed by atoms with van der Waals surface area (Å²) in [5, 5.41) is 3.82. The van der Waals surface area contributed by atoms with E-state index in [9.17, 15) is 9.59 Å². The molecule has 0 saturated carbocycles. The van der Waals surface area contributed by atoms with Gasteiger partial charge in [0.2, 0.25) is 0 Å². The third-order valence-corrected chi connectivity index (χ3v) is 1.65. The zero-order valence-corrected chi connectivity index (χ0v) is 8.07. The lowest BCUT2D eigenvalue weighted by Crippen LogP contribution is -2.30. The summed E-state index contributed by atoms with van der Waals surface area (Å²) in [7, 11) is 1.56. The first kappa shape index (κ1) is 10.2. The average Bonchev–Trinajstić information content (AvgIpc) is 2.13. The Bertz CT molecular complexity index is 443. The van der Waals surface area contributed by atoms with Crippen LogP contribution in [-0.4, -0.2) is 22.3 Å². The van der Waals surface area contributed by atoms with Crippen LogP contribution in [0.5, 0.6) is 0 Å².